The van der Waals surface area contributed by atoms with Crippen molar-refractivity contribution in [1.29, 1.82) is 0 Å². The Labute approximate surface area is 220 Å². The quantitative estimate of drug-likeness (QED) is 0.239. The van der Waals surface area contributed by atoms with E-state index in [1.807, 2.05) is 6.20 Å². The first-order valence-corrected chi connectivity index (χ1v) is 13.9. The number of fused-ring (bicyclic) bond motifs is 4. The number of hydrogen-bond donors (Lipinski definition) is 4. The van der Waals surface area contributed by atoms with E-state index in [4.69, 9.17) is 4.98 Å². The number of benzene rings is 3. The monoisotopic (exact) mass is 506 g/mol. The van der Waals surface area contributed by atoms with Gasteiger partial charge < -0.3 is 20.6 Å². The van der Waals surface area contributed by atoms with Crippen LogP contribution in [0.15, 0.2) is 48.7 Å². The van der Waals surface area contributed by atoms with Gasteiger partial charge in [0, 0.05) is 23.9 Å². The molecule has 4 heterocycles. The predicted molar refractivity (Wildman–Crippen MR) is 149 cm³/mol. The van der Waals surface area contributed by atoms with Gasteiger partial charge in [-0.2, -0.15) is 0 Å². The Balaban J connectivity index is 1.16. The normalized spacial score (nSPS) is 23.1. The summed E-state index contributed by atoms with van der Waals surface area (Å²) in [6.07, 6.45) is 7.25. The lowest BCUT2D eigenvalue weighted by Gasteiger charge is -2.14. The van der Waals surface area contributed by atoms with E-state index < -0.39 is 6.17 Å². The molecule has 6 nitrogen and oxygen atoms in total. The van der Waals surface area contributed by atoms with E-state index >= 15 is 0 Å². The van der Waals surface area contributed by atoms with Gasteiger partial charge in [0.1, 0.15) is 17.8 Å². The number of H-pyrrole nitrogens is 2. The maximum Gasteiger partial charge on any atom is 0.124 e. The molecule has 0 saturated carbocycles. The van der Waals surface area contributed by atoms with Gasteiger partial charge in [-0.1, -0.05) is 30.3 Å². The number of hydrogen-bond acceptors (Lipinski definition) is 4. The van der Waals surface area contributed by atoms with Crippen molar-refractivity contribution in [2.24, 2.45) is 0 Å². The summed E-state index contributed by atoms with van der Waals surface area (Å²) in [5.74, 6) is 1.89. The molecule has 2 aliphatic heterocycles. The zero-order chi connectivity index (χ0) is 25.2. The van der Waals surface area contributed by atoms with Gasteiger partial charge in [0.05, 0.1) is 35.0 Å². The van der Waals surface area contributed by atoms with Crippen LogP contribution in [0.25, 0.3) is 44.2 Å². The molecular weight excluding hydrogens is 475 g/mol. The van der Waals surface area contributed by atoms with Crippen LogP contribution in [0.5, 0.6) is 0 Å². The van der Waals surface area contributed by atoms with Crippen LogP contribution in [0.1, 0.15) is 60.5 Å². The Hall–Kier alpha value is -3.55. The number of alkyl halides is 1. The van der Waals surface area contributed by atoms with Crippen LogP contribution >= 0.6 is 0 Å². The second-order valence-corrected chi connectivity index (χ2v) is 11.1. The summed E-state index contributed by atoms with van der Waals surface area (Å²) < 4.78 is 13.7. The highest BCUT2D eigenvalue weighted by molar-refractivity contribution is 6.05. The van der Waals surface area contributed by atoms with Gasteiger partial charge >= 0.3 is 0 Å². The van der Waals surface area contributed by atoms with E-state index in [9.17, 15) is 4.39 Å². The van der Waals surface area contributed by atoms with Crippen molar-refractivity contribution in [3.63, 3.8) is 0 Å². The fourth-order valence-electron chi connectivity index (χ4n) is 6.85. The smallest absolute Gasteiger partial charge is 0.124 e. The highest BCUT2D eigenvalue weighted by Gasteiger charge is 2.28. The van der Waals surface area contributed by atoms with Crippen LogP contribution in [0.4, 0.5) is 4.39 Å². The second kappa shape index (κ2) is 8.75. The Morgan fingerprint density at radius 3 is 2.58 bits per heavy atom. The number of rotatable bonds is 4. The standard InChI is InChI=1S/C31H31FN6/c32-19-14-27(34-15-19)30-35-16-28(37-30)24-10-9-20(22-3-1-4-23(22)24)17-6-8-21-18(13-17)7-11-25-29(21)38-31(36-25)26-5-2-12-33-26/h6-11,13,16,19,26-27,33-34H,1-5,12,14-15H2,(H,35,37)(H,36,38)/t19-,26+,27+/m1/s1. The van der Waals surface area contributed by atoms with Crippen LogP contribution in [-0.4, -0.2) is 39.2 Å². The number of nitrogens with zero attached hydrogens (tertiary/aromatic N) is 2. The molecule has 0 unspecified atom stereocenters. The third-order valence-corrected chi connectivity index (χ3v) is 8.77. The Kier molecular flexibility index (Phi) is 5.17. The first kappa shape index (κ1) is 22.4. The van der Waals surface area contributed by atoms with Gasteiger partial charge in [-0.15, -0.1) is 0 Å². The third-order valence-electron chi connectivity index (χ3n) is 8.77. The minimum Gasteiger partial charge on any atom is -0.341 e. The van der Waals surface area contributed by atoms with Crippen LogP contribution in [-0.2, 0) is 12.8 Å². The van der Waals surface area contributed by atoms with Crippen molar-refractivity contribution in [2.75, 3.05) is 13.1 Å². The molecule has 2 fully saturated rings. The number of imidazole rings is 2. The van der Waals surface area contributed by atoms with Gasteiger partial charge in [-0.05, 0) is 78.4 Å². The molecule has 1 aliphatic carbocycles. The van der Waals surface area contributed by atoms with E-state index in [2.05, 4.69) is 68.1 Å². The molecule has 0 radical (unpaired) electrons. The molecule has 0 amide bonds. The van der Waals surface area contributed by atoms with Gasteiger partial charge in [0.15, 0.2) is 0 Å². The minimum absolute atomic E-state index is 0.0323. The number of aromatic amines is 2. The Morgan fingerprint density at radius 2 is 1.74 bits per heavy atom. The molecule has 2 saturated heterocycles. The Bertz CT molecular complexity index is 1680. The summed E-state index contributed by atoms with van der Waals surface area (Å²) in [5, 5.41) is 9.20. The molecular formula is C31H31FN6. The van der Waals surface area contributed by atoms with Crippen molar-refractivity contribution in [3.05, 3.63) is 71.4 Å². The van der Waals surface area contributed by atoms with Gasteiger partial charge in [0.2, 0.25) is 0 Å². The fraction of sp³-hybridized carbons (Fsp3) is 0.355. The summed E-state index contributed by atoms with van der Waals surface area (Å²) in [6, 6.07) is 16.0. The Morgan fingerprint density at radius 1 is 0.842 bits per heavy atom. The topological polar surface area (TPSA) is 81.4 Å². The first-order chi connectivity index (χ1) is 18.7. The zero-order valence-corrected chi connectivity index (χ0v) is 21.3. The number of aromatic nitrogens is 4. The SMILES string of the molecule is F[C@H]1CN[C@H](c2ncc(-c3ccc(-c4ccc5c(ccc6[nH]c([C@@H]7CCCN7)nc65)c4)c4c3CCC4)[nH]2)C1. The van der Waals surface area contributed by atoms with Crippen LogP contribution in [0.3, 0.4) is 0 Å². The molecule has 0 spiro atoms. The minimum atomic E-state index is -0.797. The summed E-state index contributed by atoms with van der Waals surface area (Å²) >= 11 is 0. The van der Waals surface area contributed by atoms with E-state index in [1.54, 1.807) is 0 Å². The molecule has 192 valence electrons. The fourth-order valence-corrected chi connectivity index (χ4v) is 6.85. The maximum absolute atomic E-state index is 13.7. The van der Waals surface area contributed by atoms with Gasteiger partial charge in [-0.25, -0.2) is 14.4 Å². The van der Waals surface area contributed by atoms with Crippen molar-refractivity contribution in [3.8, 4) is 22.4 Å². The second-order valence-electron chi connectivity index (χ2n) is 11.1. The van der Waals surface area contributed by atoms with E-state index in [0.717, 1.165) is 60.6 Å². The molecule has 2 aromatic heterocycles. The van der Waals surface area contributed by atoms with E-state index in [1.165, 1.54) is 45.0 Å². The van der Waals surface area contributed by atoms with Crippen molar-refractivity contribution < 1.29 is 4.39 Å². The average molecular weight is 507 g/mol. The molecule has 7 heteroatoms. The number of halogens is 1. The number of nitrogens with one attached hydrogen (secondary N) is 4. The van der Waals surface area contributed by atoms with Crippen LogP contribution in [0, 0.1) is 0 Å². The van der Waals surface area contributed by atoms with Crippen molar-refractivity contribution in [2.45, 2.75) is 56.8 Å². The summed E-state index contributed by atoms with van der Waals surface area (Å²) in [4.78, 5) is 16.7. The summed E-state index contributed by atoms with van der Waals surface area (Å²) in [7, 11) is 0. The maximum atomic E-state index is 13.7. The molecule has 3 aliphatic rings. The highest BCUT2D eigenvalue weighted by atomic mass is 19.1. The van der Waals surface area contributed by atoms with Gasteiger partial charge in [0.25, 0.3) is 0 Å². The summed E-state index contributed by atoms with van der Waals surface area (Å²) in [5.41, 5.74) is 9.84. The van der Waals surface area contributed by atoms with Crippen LogP contribution < -0.4 is 10.6 Å². The third kappa shape index (κ3) is 3.60. The van der Waals surface area contributed by atoms with E-state index in [-0.39, 0.29) is 6.04 Å². The highest BCUT2D eigenvalue weighted by Crippen LogP contribution is 2.40. The molecule has 3 aromatic carbocycles. The molecule has 0 bridgehead atoms. The molecule has 8 rings (SSSR count). The lowest BCUT2D eigenvalue weighted by molar-refractivity contribution is 0.355. The lowest BCUT2D eigenvalue weighted by Crippen LogP contribution is -2.14. The van der Waals surface area contributed by atoms with Crippen molar-refractivity contribution in [1.82, 2.24) is 30.6 Å². The van der Waals surface area contributed by atoms with Crippen LogP contribution in [0.2, 0.25) is 0 Å². The van der Waals surface area contributed by atoms with E-state index in [0.29, 0.717) is 19.0 Å². The average Bonchev–Trinajstić information content (AvgIpc) is 3.77. The van der Waals surface area contributed by atoms with Gasteiger partial charge in [-0.3, -0.25) is 0 Å². The molecule has 4 N–H and O–H groups in total. The summed E-state index contributed by atoms with van der Waals surface area (Å²) in [6.45, 7) is 1.47. The lowest BCUT2D eigenvalue weighted by atomic mass is 9.91. The first-order valence-electron chi connectivity index (χ1n) is 13.9. The van der Waals surface area contributed by atoms with Crippen molar-refractivity contribution >= 4 is 21.8 Å². The largest absolute Gasteiger partial charge is 0.341 e. The molecule has 5 aromatic rings. The predicted octanol–water partition coefficient (Wildman–Crippen LogP) is 6.06. The molecule has 38 heavy (non-hydrogen) atoms. The molecule has 3 atom stereocenters. The zero-order valence-electron chi connectivity index (χ0n) is 21.3.